The van der Waals surface area contributed by atoms with E-state index in [1.165, 1.54) is 23.5 Å². The number of aliphatic hydroxyl groups excluding tert-OH is 1. The molecule has 12 heteroatoms. The van der Waals surface area contributed by atoms with Crippen LogP contribution in [-0.4, -0.2) is 70.7 Å². The molecule has 1 aliphatic heterocycles. The molecule has 0 radical (unpaired) electrons. The second kappa shape index (κ2) is 13.8. The molecular formula is C31H35FN6O4S. The van der Waals surface area contributed by atoms with Gasteiger partial charge in [0.05, 0.1) is 27.7 Å². The number of piperazine rings is 1. The van der Waals surface area contributed by atoms with E-state index in [2.05, 4.69) is 27.1 Å². The number of benzene rings is 1. The van der Waals surface area contributed by atoms with Crippen LogP contribution in [0.15, 0.2) is 61.3 Å². The van der Waals surface area contributed by atoms with E-state index in [9.17, 15) is 14.0 Å². The van der Waals surface area contributed by atoms with Crippen LogP contribution in [-0.2, 0) is 11.3 Å². The van der Waals surface area contributed by atoms with E-state index in [-0.39, 0.29) is 36.8 Å². The highest BCUT2D eigenvalue weighted by Crippen LogP contribution is 2.38. The van der Waals surface area contributed by atoms with E-state index in [4.69, 9.17) is 15.6 Å². The van der Waals surface area contributed by atoms with E-state index in [1.54, 1.807) is 23.1 Å². The molecule has 5 N–H and O–H groups in total. The molecular weight excluding hydrogens is 571 g/mol. The number of aliphatic hydroxyl groups is 1. The average Bonchev–Trinajstić information content (AvgIpc) is 3.72. The molecule has 0 spiro atoms. The molecule has 0 bridgehead atoms. The maximum atomic E-state index is 14.9. The number of urea groups is 1. The molecule has 0 unspecified atom stereocenters. The lowest BCUT2D eigenvalue weighted by molar-refractivity contribution is -0.133. The number of hydrogen-bond donors (Lipinski definition) is 4. The summed E-state index contributed by atoms with van der Waals surface area (Å²) < 4.78 is 20.9. The molecule has 0 atom stereocenters. The molecule has 2 fully saturated rings. The first-order valence-electron chi connectivity index (χ1n) is 14.2. The van der Waals surface area contributed by atoms with Crippen LogP contribution in [0.3, 0.4) is 0 Å². The monoisotopic (exact) mass is 606 g/mol. The van der Waals surface area contributed by atoms with Crippen LogP contribution >= 0.6 is 11.3 Å². The quantitative estimate of drug-likeness (QED) is 0.187. The van der Waals surface area contributed by atoms with Gasteiger partial charge in [0.25, 0.3) is 0 Å². The first kappa shape index (κ1) is 30.2. The number of carbonyl (C=O) groups is 2. The molecule has 2 aromatic heterocycles. The number of anilines is 2. The van der Waals surface area contributed by atoms with Crippen molar-refractivity contribution in [3.05, 3.63) is 77.6 Å². The Hall–Kier alpha value is -4.26. The Balaban J connectivity index is 1.22. The summed E-state index contributed by atoms with van der Waals surface area (Å²) in [5.41, 5.74) is 8.94. The summed E-state index contributed by atoms with van der Waals surface area (Å²) in [6, 6.07) is 9.83. The number of carbonyl (C=O) groups excluding carboxylic acids is 2. The van der Waals surface area contributed by atoms with Gasteiger partial charge in [0.15, 0.2) is 11.6 Å². The van der Waals surface area contributed by atoms with Gasteiger partial charge in [-0.05, 0) is 48.7 Å². The molecule has 3 amide bonds. The number of rotatable bonds is 11. The van der Waals surface area contributed by atoms with Crippen LogP contribution in [0.2, 0.25) is 0 Å². The van der Waals surface area contributed by atoms with Gasteiger partial charge in [-0.2, -0.15) is 0 Å². The lowest BCUT2D eigenvalue weighted by atomic mass is 10.2. The lowest BCUT2D eigenvalue weighted by Crippen LogP contribution is -2.48. The Morgan fingerprint density at radius 3 is 2.63 bits per heavy atom. The van der Waals surface area contributed by atoms with Gasteiger partial charge < -0.3 is 31.1 Å². The second-order valence-electron chi connectivity index (χ2n) is 10.5. The molecule has 43 heavy (non-hydrogen) atoms. The minimum absolute atomic E-state index is 0.00977. The Labute approximate surface area is 253 Å². The number of nitrogen functional groups attached to an aromatic ring is 1. The van der Waals surface area contributed by atoms with Crippen molar-refractivity contribution in [2.45, 2.75) is 31.8 Å². The molecule has 10 nitrogen and oxygen atoms in total. The summed E-state index contributed by atoms with van der Waals surface area (Å²) in [7, 11) is 0. The number of pyridine rings is 1. The second-order valence-corrected chi connectivity index (χ2v) is 11.5. The first-order chi connectivity index (χ1) is 20.8. The number of hydrogen-bond acceptors (Lipinski definition) is 8. The molecule has 5 rings (SSSR count). The minimum Gasteiger partial charge on any atom is -0.453 e. The predicted octanol–water partition coefficient (Wildman–Crippen LogP) is 4.45. The number of nitrogens with one attached hydrogen (secondary N) is 2. The van der Waals surface area contributed by atoms with Crippen molar-refractivity contribution in [3.8, 4) is 16.3 Å². The van der Waals surface area contributed by atoms with Crippen molar-refractivity contribution in [2.24, 2.45) is 0 Å². The van der Waals surface area contributed by atoms with Gasteiger partial charge in [-0.15, -0.1) is 11.3 Å². The Bertz CT molecular complexity index is 1500. The smallest absolute Gasteiger partial charge is 0.319 e. The zero-order valence-electron chi connectivity index (χ0n) is 23.7. The van der Waals surface area contributed by atoms with Crippen molar-refractivity contribution in [2.75, 3.05) is 43.8 Å². The van der Waals surface area contributed by atoms with Crippen LogP contribution < -0.4 is 21.1 Å². The largest absolute Gasteiger partial charge is 0.453 e. The van der Waals surface area contributed by atoms with Crippen LogP contribution in [0.4, 0.5) is 20.6 Å². The number of nitrogens with zero attached hydrogens (tertiary/aromatic N) is 3. The topological polar surface area (TPSA) is 133 Å². The maximum absolute atomic E-state index is 14.9. The highest BCUT2D eigenvalue weighted by atomic mass is 32.1. The van der Waals surface area contributed by atoms with E-state index < -0.39 is 5.82 Å². The maximum Gasteiger partial charge on any atom is 0.319 e. The molecule has 226 valence electrons. The van der Waals surface area contributed by atoms with Gasteiger partial charge in [-0.25, -0.2) is 9.18 Å². The zero-order chi connectivity index (χ0) is 30.3. The minimum atomic E-state index is -0.634. The Morgan fingerprint density at radius 2 is 1.98 bits per heavy atom. The van der Waals surface area contributed by atoms with Crippen LogP contribution in [0.1, 0.15) is 29.7 Å². The van der Waals surface area contributed by atoms with Crippen LogP contribution in [0.25, 0.3) is 16.3 Å². The number of halogens is 1. The molecule has 3 aromatic rings. The average molecular weight is 607 g/mol. The molecule has 2 aliphatic rings. The van der Waals surface area contributed by atoms with E-state index in [1.807, 2.05) is 24.4 Å². The number of nitrogens with two attached hydrogens (primary N) is 1. The van der Waals surface area contributed by atoms with Gasteiger partial charge in [-0.3, -0.25) is 14.7 Å². The van der Waals surface area contributed by atoms with Crippen molar-refractivity contribution in [3.63, 3.8) is 0 Å². The summed E-state index contributed by atoms with van der Waals surface area (Å²) in [5, 5.41) is 14.4. The summed E-state index contributed by atoms with van der Waals surface area (Å²) in [4.78, 5) is 34.1. The van der Waals surface area contributed by atoms with E-state index in [0.29, 0.717) is 35.1 Å². The Morgan fingerprint density at radius 1 is 1.19 bits per heavy atom. The number of allylic oxidation sites excluding steroid dienone is 2. The molecule has 1 aromatic carbocycles. The Kier molecular flexibility index (Phi) is 9.70. The van der Waals surface area contributed by atoms with Gasteiger partial charge in [-0.1, -0.05) is 18.7 Å². The van der Waals surface area contributed by atoms with Gasteiger partial charge >= 0.3 is 6.03 Å². The summed E-state index contributed by atoms with van der Waals surface area (Å²) >= 11 is 1.38. The zero-order valence-corrected chi connectivity index (χ0v) is 24.5. The number of aromatic nitrogens is 1. The fourth-order valence-electron chi connectivity index (χ4n) is 4.68. The summed E-state index contributed by atoms with van der Waals surface area (Å²) in [5.74, 6) is -0.325. The predicted molar refractivity (Wildman–Crippen MR) is 166 cm³/mol. The van der Waals surface area contributed by atoms with Crippen molar-refractivity contribution in [1.29, 1.82) is 0 Å². The SMILES string of the molecule is C=C/C=C(/Oc1ccc(NC(=O)NC2CC2)cc1F)c1sc(-c2ccc(CN3CCN(C(=O)CCO)CC3)cn2)cc1N. The fourth-order valence-corrected chi connectivity index (χ4v) is 5.70. The fraction of sp³-hybridized carbons (Fsp3) is 0.323. The molecule has 1 aliphatic carbocycles. The van der Waals surface area contributed by atoms with Gasteiger partial charge in [0.2, 0.25) is 5.91 Å². The standard InChI is InChI=1S/C31H35FN6O4S/c1-2-3-27(42-26-9-7-22(16-23(26)32)36-31(41)35-21-5-6-21)30-24(33)17-28(43-30)25-8-4-20(18-34-25)19-37-11-13-38(14-12-37)29(40)10-15-39/h2-4,7-9,16-18,21,39H,1,5-6,10-15,19,33H2,(H2,35,36,41)/b27-3+. The molecule has 1 saturated heterocycles. The number of ether oxygens (including phenoxy) is 1. The highest BCUT2D eigenvalue weighted by Gasteiger charge is 2.24. The third-order valence-corrected chi connectivity index (χ3v) is 8.30. The molecule has 3 heterocycles. The van der Waals surface area contributed by atoms with Crippen molar-refractivity contribution < 1.29 is 23.8 Å². The third-order valence-electron chi connectivity index (χ3n) is 7.11. The third kappa shape index (κ3) is 7.98. The summed E-state index contributed by atoms with van der Waals surface area (Å²) in [6.07, 6.45) is 7.08. The number of thiophene rings is 1. The molecule has 1 saturated carbocycles. The summed E-state index contributed by atoms with van der Waals surface area (Å²) in [6.45, 7) is 7.16. The van der Waals surface area contributed by atoms with Gasteiger partial charge in [0.1, 0.15) is 5.76 Å². The van der Waals surface area contributed by atoms with Crippen LogP contribution in [0, 0.1) is 5.82 Å². The van der Waals surface area contributed by atoms with Crippen molar-refractivity contribution in [1.82, 2.24) is 20.1 Å². The van der Waals surface area contributed by atoms with E-state index >= 15 is 0 Å². The highest BCUT2D eigenvalue weighted by molar-refractivity contribution is 7.17. The van der Waals surface area contributed by atoms with Gasteiger partial charge in [0, 0.05) is 63.1 Å². The number of amides is 3. The van der Waals surface area contributed by atoms with Crippen LogP contribution in [0.5, 0.6) is 5.75 Å². The normalized spacial score (nSPS) is 15.7. The van der Waals surface area contributed by atoms with Crippen molar-refractivity contribution >= 4 is 40.4 Å². The van der Waals surface area contributed by atoms with E-state index in [0.717, 1.165) is 48.6 Å². The first-order valence-corrected chi connectivity index (χ1v) is 15.0. The lowest BCUT2D eigenvalue weighted by Gasteiger charge is -2.34.